The highest BCUT2D eigenvalue weighted by molar-refractivity contribution is 9.10. The summed E-state index contributed by atoms with van der Waals surface area (Å²) in [5.74, 6) is -1.11. The van der Waals surface area contributed by atoms with Gasteiger partial charge in [0.05, 0.1) is 13.7 Å². The van der Waals surface area contributed by atoms with Crippen LogP contribution in [0.2, 0.25) is 0 Å². The molecular weight excluding hydrogens is 276 g/mol. The van der Waals surface area contributed by atoms with Gasteiger partial charge < -0.3 is 14.6 Å². The molecule has 0 aliphatic heterocycles. The minimum atomic E-state index is -0.932. The Labute approximate surface area is 102 Å². The third-order valence-corrected chi connectivity index (χ3v) is 2.69. The molecule has 1 rings (SSSR count). The van der Waals surface area contributed by atoms with E-state index in [-0.39, 0.29) is 6.61 Å². The minimum absolute atomic E-state index is 0.113. The van der Waals surface area contributed by atoms with Crippen molar-refractivity contribution in [3.05, 3.63) is 28.2 Å². The number of carboxylic acid groups (broad SMARTS) is 1. The molecule has 0 aromatic heterocycles. The molecule has 1 unspecified atom stereocenters. The second kappa shape index (κ2) is 5.86. The molecule has 1 aromatic rings. The molecule has 1 N–H and O–H groups in total. The maximum Gasteiger partial charge on any atom is 0.313 e. The Morgan fingerprint density at radius 2 is 2.19 bits per heavy atom. The summed E-state index contributed by atoms with van der Waals surface area (Å²) in [6.45, 7) is 0.113. The molecule has 16 heavy (non-hydrogen) atoms. The van der Waals surface area contributed by atoms with Crippen molar-refractivity contribution >= 4 is 21.9 Å². The Kier molecular flexibility index (Phi) is 4.76. The standard InChI is InChI=1S/C11H13BrO4/c1-15-6-9(11(13)14)8-5-7(12)3-4-10(8)16-2/h3-5,9H,6H2,1-2H3,(H,13,14). The second-order valence-electron chi connectivity index (χ2n) is 3.23. The molecular formula is C11H13BrO4. The van der Waals surface area contributed by atoms with E-state index in [9.17, 15) is 4.79 Å². The van der Waals surface area contributed by atoms with Crippen molar-refractivity contribution in [1.82, 2.24) is 0 Å². The van der Waals surface area contributed by atoms with Crippen molar-refractivity contribution in [1.29, 1.82) is 0 Å². The number of ether oxygens (including phenoxy) is 2. The Balaban J connectivity index is 3.15. The average molecular weight is 289 g/mol. The molecule has 0 spiro atoms. The summed E-state index contributed by atoms with van der Waals surface area (Å²) in [5.41, 5.74) is 0.603. The quantitative estimate of drug-likeness (QED) is 0.903. The fourth-order valence-electron chi connectivity index (χ4n) is 1.44. The lowest BCUT2D eigenvalue weighted by atomic mass is 9.99. The van der Waals surface area contributed by atoms with E-state index < -0.39 is 11.9 Å². The van der Waals surface area contributed by atoms with Gasteiger partial charge in [0.25, 0.3) is 0 Å². The number of hydrogen-bond donors (Lipinski definition) is 1. The molecule has 0 radical (unpaired) electrons. The van der Waals surface area contributed by atoms with Gasteiger partial charge in [-0.15, -0.1) is 0 Å². The van der Waals surface area contributed by atoms with Crippen molar-refractivity contribution in [3.8, 4) is 5.75 Å². The van der Waals surface area contributed by atoms with Crippen LogP contribution < -0.4 is 4.74 Å². The number of aliphatic carboxylic acids is 1. The summed E-state index contributed by atoms with van der Waals surface area (Å²) in [4.78, 5) is 11.1. The number of carbonyl (C=O) groups is 1. The molecule has 88 valence electrons. The van der Waals surface area contributed by atoms with Crippen LogP contribution in [0.3, 0.4) is 0 Å². The first kappa shape index (κ1) is 13.0. The van der Waals surface area contributed by atoms with Gasteiger partial charge >= 0.3 is 5.97 Å². The summed E-state index contributed by atoms with van der Waals surface area (Å²) >= 11 is 3.30. The number of rotatable bonds is 5. The molecule has 1 aromatic carbocycles. The van der Waals surface area contributed by atoms with E-state index in [0.29, 0.717) is 11.3 Å². The normalized spacial score (nSPS) is 12.2. The minimum Gasteiger partial charge on any atom is -0.496 e. The smallest absolute Gasteiger partial charge is 0.313 e. The lowest BCUT2D eigenvalue weighted by Crippen LogP contribution is -2.17. The zero-order valence-electron chi connectivity index (χ0n) is 9.07. The van der Waals surface area contributed by atoms with E-state index in [1.165, 1.54) is 14.2 Å². The monoisotopic (exact) mass is 288 g/mol. The lowest BCUT2D eigenvalue weighted by molar-refractivity contribution is -0.140. The molecule has 0 amide bonds. The topological polar surface area (TPSA) is 55.8 Å². The van der Waals surface area contributed by atoms with Gasteiger partial charge in [-0.3, -0.25) is 4.79 Å². The third kappa shape index (κ3) is 2.96. The van der Waals surface area contributed by atoms with Crippen molar-refractivity contribution in [2.24, 2.45) is 0 Å². The molecule has 5 heteroatoms. The largest absolute Gasteiger partial charge is 0.496 e. The van der Waals surface area contributed by atoms with Crippen molar-refractivity contribution in [2.75, 3.05) is 20.8 Å². The van der Waals surface area contributed by atoms with Gasteiger partial charge in [0.1, 0.15) is 11.7 Å². The Morgan fingerprint density at radius 3 is 2.69 bits per heavy atom. The average Bonchev–Trinajstić information content (AvgIpc) is 2.25. The summed E-state index contributed by atoms with van der Waals surface area (Å²) in [5, 5.41) is 9.12. The SMILES string of the molecule is COCC(C(=O)O)c1cc(Br)ccc1OC. The van der Waals surface area contributed by atoms with Crippen LogP contribution >= 0.6 is 15.9 Å². The number of carboxylic acids is 1. The van der Waals surface area contributed by atoms with Gasteiger partial charge in [0.2, 0.25) is 0 Å². The Morgan fingerprint density at radius 1 is 1.50 bits per heavy atom. The zero-order chi connectivity index (χ0) is 12.1. The van der Waals surface area contributed by atoms with Crippen molar-refractivity contribution in [2.45, 2.75) is 5.92 Å². The molecule has 0 bridgehead atoms. The van der Waals surface area contributed by atoms with E-state index in [1.54, 1.807) is 18.2 Å². The van der Waals surface area contributed by atoms with Gasteiger partial charge in [-0.2, -0.15) is 0 Å². The molecule has 4 nitrogen and oxygen atoms in total. The highest BCUT2D eigenvalue weighted by Crippen LogP contribution is 2.30. The molecule has 1 atom stereocenters. The van der Waals surface area contributed by atoms with Gasteiger partial charge in [-0.25, -0.2) is 0 Å². The number of halogens is 1. The Bertz CT molecular complexity index is 378. The van der Waals surface area contributed by atoms with Gasteiger partial charge in [-0.05, 0) is 18.2 Å². The van der Waals surface area contributed by atoms with E-state index in [2.05, 4.69) is 15.9 Å². The van der Waals surface area contributed by atoms with Crippen LogP contribution in [0, 0.1) is 0 Å². The molecule has 0 aliphatic rings. The van der Waals surface area contributed by atoms with Crippen molar-refractivity contribution in [3.63, 3.8) is 0 Å². The highest BCUT2D eigenvalue weighted by atomic mass is 79.9. The Hall–Kier alpha value is -1.07. The number of benzene rings is 1. The summed E-state index contributed by atoms with van der Waals surface area (Å²) in [6, 6.07) is 5.26. The molecule has 0 fully saturated rings. The highest BCUT2D eigenvalue weighted by Gasteiger charge is 2.23. The van der Waals surface area contributed by atoms with Gasteiger partial charge in [0, 0.05) is 17.1 Å². The number of hydrogen-bond acceptors (Lipinski definition) is 3. The van der Waals surface area contributed by atoms with Crippen LogP contribution in [0.5, 0.6) is 5.75 Å². The zero-order valence-corrected chi connectivity index (χ0v) is 10.7. The van der Waals surface area contributed by atoms with Crippen LogP contribution in [0.1, 0.15) is 11.5 Å². The fourth-order valence-corrected chi connectivity index (χ4v) is 1.82. The van der Waals surface area contributed by atoms with Crippen LogP contribution in [0.15, 0.2) is 22.7 Å². The molecule has 0 saturated heterocycles. The van der Waals surface area contributed by atoms with Crippen LogP contribution in [-0.2, 0) is 9.53 Å². The third-order valence-electron chi connectivity index (χ3n) is 2.20. The van der Waals surface area contributed by atoms with Crippen LogP contribution in [-0.4, -0.2) is 31.9 Å². The van der Waals surface area contributed by atoms with Crippen LogP contribution in [0.4, 0.5) is 0 Å². The predicted octanol–water partition coefficient (Wildman–Crippen LogP) is 2.27. The van der Waals surface area contributed by atoms with E-state index in [0.717, 1.165) is 4.47 Å². The van der Waals surface area contributed by atoms with Crippen molar-refractivity contribution < 1.29 is 19.4 Å². The van der Waals surface area contributed by atoms with Gasteiger partial charge in [-0.1, -0.05) is 15.9 Å². The summed E-state index contributed by atoms with van der Waals surface area (Å²) < 4.78 is 10.9. The van der Waals surface area contributed by atoms with E-state index in [1.807, 2.05) is 0 Å². The maximum absolute atomic E-state index is 11.1. The van der Waals surface area contributed by atoms with Crippen LogP contribution in [0.25, 0.3) is 0 Å². The van der Waals surface area contributed by atoms with E-state index >= 15 is 0 Å². The van der Waals surface area contributed by atoms with E-state index in [4.69, 9.17) is 14.6 Å². The fraction of sp³-hybridized carbons (Fsp3) is 0.364. The predicted molar refractivity (Wildman–Crippen MR) is 62.9 cm³/mol. The molecule has 0 saturated carbocycles. The first-order valence-electron chi connectivity index (χ1n) is 4.65. The summed E-state index contributed by atoms with van der Waals surface area (Å²) in [6.07, 6.45) is 0. The second-order valence-corrected chi connectivity index (χ2v) is 4.15. The first-order valence-corrected chi connectivity index (χ1v) is 5.44. The first-order chi connectivity index (χ1) is 7.60. The molecule has 0 aliphatic carbocycles. The lowest BCUT2D eigenvalue weighted by Gasteiger charge is -2.15. The number of methoxy groups -OCH3 is 2. The van der Waals surface area contributed by atoms with Gasteiger partial charge in [0.15, 0.2) is 0 Å². The summed E-state index contributed by atoms with van der Waals surface area (Å²) in [7, 11) is 2.98. The molecule has 0 heterocycles. The maximum atomic E-state index is 11.1.